The Kier molecular flexibility index (Phi) is 10.4. The molecule has 0 spiro atoms. The number of nitrogens with one attached hydrogen (secondary N) is 1. The highest BCUT2D eigenvalue weighted by molar-refractivity contribution is 5.94. The summed E-state index contributed by atoms with van der Waals surface area (Å²) >= 11 is 0. The molecule has 4 atom stereocenters. The molecule has 0 saturated heterocycles. The number of carbonyl (C=O) groups excluding carboxylic acids is 1. The van der Waals surface area contributed by atoms with Crippen LogP contribution in [0.25, 0.3) is 0 Å². The lowest BCUT2D eigenvalue weighted by Crippen LogP contribution is -2.46. The first-order valence-electron chi connectivity index (χ1n) is 7.01. The van der Waals surface area contributed by atoms with Crippen molar-refractivity contribution in [2.75, 3.05) is 27.3 Å². The van der Waals surface area contributed by atoms with Crippen LogP contribution in [0.4, 0.5) is 5.82 Å². The van der Waals surface area contributed by atoms with Gasteiger partial charge in [0.25, 0.3) is 5.91 Å². The fourth-order valence-corrected chi connectivity index (χ4v) is 1.35. The Morgan fingerprint density at radius 2 is 1.68 bits per heavy atom. The molecule has 0 aliphatic carbocycles. The minimum absolute atomic E-state index is 0.0885. The number of imidazole rings is 1. The van der Waals surface area contributed by atoms with Crippen LogP contribution in [0.3, 0.4) is 0 Å². The van der Waals surface area contributed by atoms with Gasteiger partial charge in [-0.3, -0.25) is 9.80 Å². The van der Waals surface area contributed by atoms with Crippen molar-refractivity contribution in [3.8, 4) is 0 Å². The second-order valence-corrected chi connectivity index (χ2v) is 4.98. The van der Waals surface area contributed by atoms with E-state index in [0.29, 0.717) is 0 Å². The number of nitrogens with two attached hydrogens (primary N) is 1. The SMILES string of the molecule is CN(C)/N=N/c1[nH]cnc1C(N)=O.OCC(O)C(O)C(O)C(O)CO. The molecule has 13 nitrogen and oxygen atoms in total. The molecule has 0 saturated carbocycles. The van der Waals surface area contributed by atoms with Crippen LogP contribution in [0, 0.1) is 0 Å². The van der Waals surface area contributed by atoms with Crippen LogP contribution in [0.5, 0.6) is 0 Å². The summed E-state index contributed by atoms with van der Waals surface area (Å²) in [6, 6.07) is 0. The van der Waals surface area contributed by atoms with Gasteiger partial charge in [0.1, 0.15) is 24.4 Å². The van der Waals surface area contributed by atoms with Crippen molar-refractivity contribution < 1.29 is 35.4 Å². The van der Waals surface area contributed by atoms with Gasteiger partial charge < -0.3 is 41.4 Å². The van der Waals surface area contributed by atoms with Gasteiger partial charge in [0, 0.05) is 14.1 Å². The van der Waals surface area contributed by atoms with Crippen LogP contribution in [-0.4, -0.2) is 103 Å². The number of carbonyl (C=O) groups is 1. The number of primary amides is 1. The summed E-state index contributed by atoms with van der Waals surface area (Å²) in [4.78, 5) is 17.1. The fraction of sp³-hybridized carbons (Fsp3) is 0.667. The fourth-order valence-electron chi connectivity index (χ4n) is 1.35. The number of nitrogens with zero attached hydrogens (tertiary/aromatic N) is 4. The average molecular weight is 364 g/mol. The number of aliphatic hydroxyl groups excluding tert-OH is 6. The van der Waals surface area contributed by atoms with Crippen LogP contribution in [0.1, 0.15) is 10.5 Å². The van der Waals surface area contributed by atoms with Crippen molar-refractivity contribution in [1.82, 2.24) is 15.0 Å². The normalized spacial score (nSPS) is 15.8. The highest BCUT2D eigenvalue weighted by Crippen LogP contribution is 2.12. The van der Waals surface area contributed by atoms with E-state index in [1.165, 1.54) is 11.3 Å². The number of aromatic nitrogens is 2. The maximum absolute atomic E-state index is 10.8. The molecule has 0 aliphatic rings. The summed E-state index contributed by atoms with van der Waals surface area (Å²) in [6.45, 7) is -1.45. The van der Waals surface area contributed by atoms with Gasteiger partial charge in [-0.05, 0) is 0 Å². The molecule has 1 rings (SSSR count). The first kappa shape index (κ1) is 22.8. The largest absolute Gasteiger partial charge is 0.394 e. The molecule has 0 aromatic carbocycles. The molecule has 144 valence electrons. The van der Waals surface area contributed by atoms with Gasteiger partial charge in [-0.25, -0.2) is 4.98 Å². The highest BCUT2D eigenvalue weighted by Gasteiger charge is 2.29. The van der Waals surface area contributed by atoms with E-state index in [1.54, 1.807) is 14.1 Å². The molecule has 0 fully saturated rings. The third-order valence-electron chi connectivity index (χ3n) is 2.69. The van der Waals surface area contributed by atoms with Crippen LogP contribution < -0.4 is 5.73 Å². The molecule has 0 radical (unpaired) electrons. The third kappa shape index (κ3) is 7.97. The van der Waals surface area contributed by atoms with Crippen molar-refractivity contribution in [3.63, 3.8) is 0 Å². The molecule has 1 aromatic heterocycles. The second kappa shape index (κ2) is 11.4. The molecular weight excluding hydrogens is 340 g/mol. The number of rotatable bonds is 8. The van der Waals surface area contributed by atoms with E-state index in [2.05, 4.69) is 20.3 Å². The predicted octanol–water partition coefficient (Wildman–Crippen LogP) is -3.52. The molecule has 4 unspecified atom stereocenters. The van der Waals surface area contributed by atoms with E-state index in [9.17, 15) is 4.79 Å². The lowest BCUT2D eigenvalue weighted by molar-refractivity contribution is -0.123. The minimum atomic E-state index is -1.67. The van der Waals surface area contributed by atoms with E-state index in [1.807, 2.05) is 0 Å². The summed E-state index contributed by atoms with van der Waals surface area (Å²) in [6.07, 6.45) is -5.05. The number of hydrogen-bond acceptors (Lipinski definition) is 10. The summed E-state index contributed by atoms with van der Waals surface area (Å²) in [5.41, 5.74) is 5.12. The van der Waals surface area contributed by atoms with Gasteiger partial charge in [0.15, 0.2) is 11.5 Å². The first-order valence-corrected chi connectivity index (χ1v) is 7.01. The number of hydrogen-bond donors (Lipinski definition) is 8. The Labute approximate surface area is 143 Å². The van der Waals surface area contributed by atoms with Gasteiger partial charge in [0.2, 0.25) is 0 Å². The Bertz CT molecular complexity index is 524. The quantitative estimate of drug-likeness (QED) is 0.169. The Morgan fingerprint density at radius 1 is 1.20 bits per heavy atom. The summed E-state index contributed by atoms with van der Waals surface area (Å²) in [7, 11) is 3.42. The standard InChI is InChI=1S/C6H10N6O.C6H14O6/c1-12(2)11-10-6-4(5(7)13)8-3-9-6;7-1-3(9)5(11)6(12)4(10)2-8/h3H,1-2H3,(H2,7,13)(H,8,9);3-12H,1-2H2/b11-10+;. The molecule has 0 bridgehead atoms. The Hall–Kier alpha value is -2.16. The third-order valence-corrected chi connectivity index (χ3v) is 2.69. The molecule has 1 heterocycles. The van der Waals surface area contributed by atoms with Gasteiger partial charge in [-0.1, -0.05) is 5.22 Å². The van der Waals surface area contributed by atoms with E-state index in [4.69, 9.17) is 36.4 Å². The van der Waals surface area contributed by atoms with E-state index in [-0.39, 0.29) is 11.5 Å². The van der Waals surface area contributed by atoms with E-state index < -0.39 is 43.5 Å². The zero-order valence-corrected chi connectivity index (χ0v) is 13.8. The van der Waals surface area contributed by atoms with Gasteiger partial charge in [-0.2, -0.15) is 0 Å². The zero-order valence-electron chi connectivity index (χ0n) is 13.8. The monoisotopic (exact) mass is 364 g/mol. The molecular formula is C12H24N6O7. The lowest BCUT2D eigenvalue weighted by Gasteiger charge is -2.24. The number of aromatic amines is 1. The topological polar surface area (TPSA) is 221 Å². The number of aliphatic hydroxyl groups is 6. The molecule has 1 amide bonds. The molecule has 25 heavy (non-hydrogen) atoms. The maximum atomic E-state index is 10.8. The Morgan fingerprint density at radius 3 is 2.04 bits per heavy atom. The van der Waals surface area contributed by atoms with Crippen LogP contribution >= 0.6 is 0 Å². The summed E-state index contributed by atoms with van der Waals surface area (Å²) < 4.78 is 0. The highest BCUT2D eigenvalue weighted by atomic mass is 16.4. The van der Waals surface area contributed by atoms with Gasteiger partial charge >= 0.3 is 0 Å². The smallest absolute Gasteiger partial charge is 0.271 e. The van der Waals surface area contributed by atoms with E-state index in [0.717, 1.165) is 0 Å². The molecule has 13 heteroatoms. The zero-order chi connectivity index (χ0) is 19.6. The van der Waals surface area contributed by atoms with Crippen LogP contribution in [0.2, 0.25) is 0 Å². The average Bonchev–Trinajstić information content (AvgIpc) is 3.06. The number of H-pyrrole nitrogens is 1. The minimum Gasteiger partial charge on any atom is -0.394 e. The predicted molar refractivity (Wildman–Crippen MR) is 83.5 cm³/mol. The van der Waals surface area contributed by atoms with Crippen molar-refractivity contribution in [2.45, 2.75) is 24.4 Å². The molecule has 9 N–H and O–H groups in total. The summed E-state index contributed by atoms with van der Waals surface area (Å²) in [5, 5.41) is 61.1. The van der Waals surface area contributed by atoms with Crippen molar-refractivity contribution in [3.05, 3.63) is 12.0 Å². The van der Waals surface area contributed by atoms with Gasteiger partial charge in [0.05, 0.1) is 19.5 Å². The van der Waals surface area contributed by atoms with Gasteiger partial charge in [-0.15, -0.1) is 5.11 Å². The van der Waals surface area contributed by atoms with Crippen LogP contribution in [0.15, 0.2) is 16.7 Å². The molecule has 1 aromatic rings. The van der Waals surface area contributed by atoms with Crippen molar-refractivity contribution >= 4 is 11.7 Å². The van der Waals surface area contributed by atoms with Crippen LogP contribution in [-0.2, 0) is 0 Å². The second-order valence-electron chi connectivity index (χ2n) is 4.98. The molecule has 0 aliphatic heterocycles. The van der Waals surface area contributed by atoms with Crippen molar-refractivity contribution in [1.29, 1.82) is 0 Å². The van der Waals surface area contributed by atoms with E-state index >= 15 is 0 Å². The lowest BCUT2D eigenvalue weighted by atomic mass is 10.0. The summed E-state index contributed by atoms with van der Waals surface area (Å²) in [5.74, 6) is -0.366. The first-order chi connectivity index (χ1) is 11.6. The number of amides is 1. The maximum Gasteiger partial charge on any atom is 0.271 e. The Balaban J connectivity index is 0.000000463. The van der Waals surface area contributed by atoms with Crippen molar-refractivity contribution in [2.24, 2.45) is 16.1 Å².